The first kappa shape index (κ1) is 16.5. The first-order chi connectivity index (χ1) is 10.5. The van der Waals surface area contributed by atoms with Crippen molar-refractivity contribution in [2.24, 2.45) is 22.9 Å². The van der Waals surface area contributed by atoms with Crippen molar-refractivity contribution in [3.63, 3.8) is 0 Å². The van der Waals surface area contributed by atoms with Crippen LogP contribution < -0.4 is 10.2 Å². The van der Waals surface area contributed by atoms with Gasteiger partial charge < -0.3 is 4.74 Å². The van der Waals surface area contributed by atoms with Crippen LogP contribution in [0.4, 0.5) is 0 Å². The molecule has 0 aromatic heterocycles. The van der Waals surface area contributed by atoms with Gasteiger partial charge in [-0.25, -0.2) is 5.43 Å². The van der Waals surface area contributed by atoms with Crippen molar-refractivity contribution in [3.8, 4) is 5.75 Å². The Kier molecular flexibility index (Phi) is 5.58. The van der Waals surface area contributed by atoms with Crippen molar-refractivity contribution in [2.45, 2.75) is 40.0 Å². The summed E-state index contributed by atoms with van der Waals surface area (Å²) in [5.41, 5.74) is 4.45. The molecule has 2 atom stereocenters. The average molecular weight is 302 g/mol. The number of carbonyl (C=O) groups excluding carboxylic acids is 1. The summed E-state index contributed by atoms with van der Waals surface area (Å²) in [6.07, 6.45) is 3.39. The van der Waals surface area contributed by atoms with Gasteiger partial charge in [0.1, 0.15) is 5.75 Å². The second-order valence-electron chi connectivity index (χ2n) is 6.51. The third-order valence-corrected chi connectivity index (χ3v) is 4.41. The number of carbonyl (C=O) groups is 1. The van der Waals surface area contributed by atoms with Crippen molar-refractivity contribution in [3.05, 3.63) is 29.8 Å². The highest BCUT2D eigenvalue weighted by atomic mass is 16.5. The maximum atomic E-state index is 12.2. The van der Waals surface area contributed by atoms with E-state index < -0.39 is 0 Å². The number of ether oxygens (including phenoxy) is 1. The summed E-state index contributed by atoms with van der Waals surface area (Å²) >= 11 is 0. The van der Waals surface area contributed by atoms with Gasteiger partial charge in [-0.15, -0.1) is 0 Å². The minimum Gasteiger partial charge on any atom is -0.497 e. The number of nitrogens with zero attached hydrogens (tertiary/aromatic N) is 1. The van der Waals surface area contributed by atoms with Crippen LogP contribution >= 0.6 is 0 Å². The van der Waals surface area contributed by atoms with E-state index in [1.807, 2.05) is 0 Å². The van der Waals surface area contributed by atoms with E-state index in [2.05, 4.69) is 31.3 Å². The summed E-state index contributed by atoms with van der Waals surface area (Å²) in [7, 11) is 1.61. The molecular formula is C18H26N2O2. The van der Waals surface area contributed by atoms with Crippen LogP contribution in [0.5, 0.6) is 5.75 Å². The number of methoxy groups -OCH3 is 1. The van der Waals surface area contributed by atoms with Gasteiger partial charge in [0.05, 0.1) is 7.11 Å². The van der Waals surface area contributed by atoms with Crippen LogP contribution in [-0.4, -0.2) is 18.7 Å². The van der Waals surface area contributed by atoms with Crippen LogP contribution in [0.1, 0.15) is 50.4 Å². The number of hydrogen-bond acceptors (Lipinski definition) is 3. The average Bonchev–Trinajstić information content (AvgIpc) is 2.52. The third-order valence-electron chi connectivity index (χ3n) is 4.41. The summed E-state index contributed by atoms with van der Waals surface area (Å²) in [5.74, 6) is 2.25. The molecule has 0 bridgehead atoms. The molecule has 1 amide bonds. The van der Waals surface area contributed by atoms with E-state index in [0.29, 0.717) is 23.3 Å². The molecule has 0 radical (unpaired) electrons. The van der Waals surface area contributed by atoms with E-state index in [-0.39, 0.29) is 5.91 Å². The van der Waals surface area contributed by atoms with E-state index in [1.54, 1.807) is 31.4 Å². The van der Waals surface area contributed by atoms with E-state index in [1.165, 1.54) is 6.42 Å². The van der Waals surface area contributed by atoms with Gasteiger partial charge in [-0.3, -0.25) is 4.79 Å². The zero-order valence-electron chi connectivity index (χ0n) is 13.9. The van der Waals surface area contributed by atoms with Gasteiger partial charge in [0.25, 0.3) is 5.91 Å². The highest BCUT2D eigenvalue weighted by molar-refractivity contribution is 5.96. The lowest BCUT2D eigenvalue weighted by Crippen LogP contribution is -2.31. The summed E-state index contributed by atoms with van der Waals surface area (Å²) in [6.45, 7) is 6.69. The van der Waals surface area contributed by atoms with Crippen LogP contribution in [0.25, 0.3) is 0 Å². The Morgan fingerprint density at radius 1 is 1.27 bits per heavy atom. The van der Waals surface area contributed by atoms with Crippen LogP contribution in [0.15, 0.2) is 29.4 Å². The van der Waals surface area contributed by atoms with Crippen LogP contribution in [0, 0.1) is 17.8 Å². The molecule has 0 heterocycles. The zero-order chi connectivity index (χ0) is 16.1. The Morgan fingerprint density at radius 3 is 2.55 bits per heavy atom. The molecule has 1 fully saturated rings. The smallest absolute Gasteiger partial charge is 0.271 e. The van der Waals surface area contributed by atoms with Crippen LogP contribution in [0.2, 0.25) is 0 Å². The SMILES string of the molecule is COc1ccc(C(=O)N/N=C2/C[C@H](C)CC[C@H]2C(C)C)cc1. The summed E-state index contributed by atoms with van der Waals surface area (Å²) in [4.78, 5) is 12.2. The van der Waals surface area contributed by atoms with Gasteiger partial charge in [0, 0.05) is 17.2 Å². The molecule has 120 valence electrons. The molecule has 1 aromatic carbocycles. The second kappa shape index (κ2) is 7.43. The number of amides is 1. The van der Waals surface area contributed by atoms with Crippen molar-refractivity contribution in [1.29, 1.82) is 0 Å². The van der Waals surface area contributed by atoms with Gasteiger partial charge in [-0.2, -0.15) is 5.10 Å². The van der Waals surface area contributed by atoms with E-state index in [4.69, 9.17) is 4.74 Å². The molecule has 1 N–H and O–H groups in total. The quantitative estimate of drug-likeness (QED) is 0.858. The molecule has 0 spiro atoms. The van der Waals surface area contributed by atoms with Crippen molar-refractivity contribution in [1.82, 2.24) is 5.43 Å². The number of benzene rings is 1. The van der Waals surface area contributed by atoms with Crippen molar-refractivity contribution < 1.29 is 9.53 Å². The maximum Gasteiger partial charge on any atom is 0.271 e. The van der Waals surface area contributed by atoms with Crippen LogP contribution in [0.3, 0.4) is 0 Å². The summed E-state index contributed by atoms with van der Waals surface area (Å²) in [6, 6.07) is 7.05. The largest absolute Gasteiger partial charge is 0.497 e. The fraction of sp³-hybridized carbons (Fsp3) is 0.556. The Hall–Kier alpha value is -1.84. The van der Waals surface area contributed by atoms with Crippen molar-refractivity contribution in [2.75, 3.05) is 7.11 Å². The monoisotopic (exact) mass is 302 g/mol. The predicted molar refractivity (Wildman–Crippen MR) is 89.2 cm³/mol. The van der Waals surface area contributed by atoms with E-state index in [9.17, 15) is 4.79 Å². The first-order valence-corrected chi connectivity index (χ1v) is 8.02. The van der Waals surface area contributed by atoms with E-state index in [0.717, 1.165) is 24.3 Å². The number of rotatable bonds is 4. The van der Waals surface area contributed by atoms with Gasteiger partial charge in [0.2, 0.25) is 0 Å². The molecule has 4 heteroatoms. The molecule has 0 unspecified atom stereocenters. The third kappa shape index (κ3) is 4.09. The van der Waals surface area contributed by atoms with Crippen molar-refractivity contribution >= 4 is 11.6 Å². The fourth-order valence-corrected chi connectivity index (χ4v) is 3.02. The number of hydrogen-bond donors (Lipinski definition) is 1. The lowest BCUT2D eigenvalue weighted by molar-refractivity contribution is 0.0954. The summed E-state index contributed by atoms with van der Waals surface area (Å²) in [5, 5.41) is 4.44. The molecule has 4 nitrogen and oxygen atoms in total. The molecule has 22 heavy (non-hydrogen) atoms. The molecule has 1 aliphatic carbocycles. The van der Waals surface area contributed by atoms with Gasteiger partial charge in [-0.1, -0.05) is 20.8 Å². The number of nitrogens with one attached hydrogen (secondary N) is 1. The lowest BCUT2D eigenvalue weighted by atomic mass is 9.76. The van der Waals surface area contributed by atoms with E-state index >= 15 is 0 Å². The lowest BCUT2D eigenvalue weighted by Gasteiger charge is -2.30. The Morgan fingerprint density at radius 2 is 1.95 bits per heavy atom. The number of hydrazone groups is 1. The van der Waals surface area contributed by atoms with Gasteiger partial charge in [0.15, 0.2) is 0 Å². The highest BCUT2D eigenvalue weighted by Crippen LogP contribution is 2.31. The van der Waals surface area contributed by atoms with Gasteiger partial charge in [-0.05, 0) is 55.4 Å². The topological polar surface area (TPSA) is 50.7 Å². The fourth-order valence-electron chi connectivity index (χ4n) is 3.02. The molecular weight excluding hydrogens is 276 g/mol. The molecule has 2 rings (SSSR count). The maximum absolute atomic E-state index is 12.2. The zero-order valence-corrected chi connectivity index (χ0v) is 13.9. The predicted octanol–water partition coefficient (Wildman–Crippen LogP) is 3.87. The second-order valence-corrected chi connectivity index (χ2v) is 6.51. The summed E-state index contributed by atoms with van der Waals surface area (Å²) < 4.78 is 5.10. The van der Waals surface area contributed by atoms with Gasteiger partial charge >= 0.3 is 0 Å². The molecule has 1 aromatic rings. The minimum absolute atomic E-state index is 0.170. The molecule has 1 aliphatic rings. The highest BCUT2D eigenvalue weighted by Gasteiger charge is 2.27. The molecule has 0 saturated heterocycles. The Balaban J connectivity index is 2.05. The Labute approximate surface area is 132 Å². The molecule has 1 saturated carbocycles. The van der Waals surface area contributed by atoms with Crippen LogP contribution in [-0.2, 0) is 0 Å². The standard InChI is InChI=1S/C18H26N2O2/c1-12(2)16-10-5-13(3)11-17(16)19-20-18(21)14-6-8-15(22-4)9-7-14/h6-9,12-13,16H,5,10-11H2,1-4H3,(H,20,21)/b19-17-/t13-,16+/m1/s1. The first-order valence-electron chi connectivity index (χ1n) is 8.02. The Bertz CT molecular complexity index is 535. The minimum atomic E-state index is -0.170. The molecule has 0 aliphatic heterocycles. The normalized spacial score (nSPS) is 23.6.